The third-order valence-corrected chi connectivity index (χ3v) is 4.25. The van der Waals surface area contributed by atoms with Gasteiger partial charge in [-0.05, 0) is 43.5 Å². The van der Waals surface area contributed by atoms with Crippen molar-refractivity contribution in [3.05, 3.63) is 65.9 Å². The average molecular weight is 364 g/mol. The van der Waals surface area contributed by atoms with Crippen LogP contribution in [0.1, 0.15) is 17.5 Å². The summed E-state index contributed by atoms with van der Waals surface area (Å²) in [5, 5.41) is 3.90. The maximum atomic E-state index is 12.0. The second kappa shape index (κ2) is 9.03. The Kier molecular flexibility index (Phi) is 6.26. The van der Waals surface area contributed by atoms with Gasteiger partial charge in [0.15, 0.2) is 6.61 Å². The van der Waals surface area contributed by atoms with E-state index in [0.29, 0.717) is 19.6 Å². The minimum Gasteiger partial charge on any atom is -0.491 e. The van der Waals surface area contributed by atoms with Crippen LogP contribution in [0, 0.1) is 13.8 Å². The van der Waals surface area contributed by atoms with E-state index < -0.39 is 0 Å². The zero-order valence-electron chi connectivity index (χ0n) is 15.7. The van der Waals surface area contributed by atoms with Crippen LogP contribution >= 0.6 is 0 Å². The SMILES string of the molecule is Cc1cccc(C)c1OCC(=O)NCCCOc1cccc2cccnc12. The van der Waals surface area contributed by atoms with Crippen LogP contribution in [0.4, 0.5) is 0 Å². The number of para-hydroxylation sites is 2. The first-order valence-corrected chi connectivity index (χ1v) is 9.07. The zero-order valence-corrected chi connectivity index (χ0v) is 15.7. The van der Waals surface area contributed by atoms with Crippen molar-refractivity contribution < 1.29 is 14.3 Å². The normalized spacial score (nSPS) is 10.6. The molecule has 0 aliphatic rings. The summed E-state index contributed by atoms with van der Waals surface area (Å²) in [6, 6.07) is 15.7. The number of rotatable bonds is 8. The highest BCUT2D eigenvalue weighted by Gasteiger charge is 2.07. The first kappa shape index (κ1) is 18.7. The molecule has 5 heteroatoms. The number of carbonyl (C=O) groups is 1. The van der Waals surface area contributed by atoms with E-state index in [1.54, 1.807) is 6.20 Å². The molecular formula is C22H24N2O3. The average Bonchev–Trinajstić information content (AvgIpc) is 2.67. The van der Waals surface area contributed by atoms with E-state index in [0.717, 1.165) is 33.5 Å². The Morgan fingerprint density at radius 2 is 1.74 bits per heavy atom. The fourth-order valence-electron chi connectivity index (χ4n) is 2.89. The molecule has 1 N–H and O–H groups in total. The molecule has 0 unspecified atom stereocenters. The van der Waals surface area contributed by atoms with E-state index in [1.165, 1.54) is 0 Å². The summed E-state index contributed by atoms with van der Waals surface area (Å²) in [6.07, 6.45) is 2.46. The van der Waals surface area contributed by atoms with Crippen molar-refractivity contribution in [3.63, 3.8) is 0 Å². The van der Waals surface area contributed by atoms with E-state index in [2.05, 4.69) is 10.3 Å². The minimum absolute atomic E-state index is 0.0137. The molecule has 0 saturated heterocycles. The van der Waals surface area contributed by atoms with Crippen LogP contribution in [-0.2, 0) is 4.79 Å². The van der Waals surface area contributed by atoms with Crippen molar-refractivity contribution in [1.29, 1.82) is 0 Å². The van der Waals surface area contributed by atoms with Gasteiger partial charge < -0.3 is 14.8 Å². The highest BCUT2D eigenvalue weighted by Crippen LogP contribution is 2.23. The van der Waals surface area contributed by atoms with Crippen LogP contribution in [0.5, 0.6) is 11.5 Å². The Hall–Kier alpha value is -3.08. The number of ether oxygens (including phenoxy) is 2. The lowest BCUT2D eigenvalue weighted by molar-refractivity contribution is -0.123. The summed E-state index contributed by atoms with van der Waals surface area (Å²) < 4.78 is 11.5. The summed E-state index contributed by atoms with van der Waals surface area (Å²) in [5.41, 5.74) is 2.91. The minimum atomic E-state index is -0.135. The maximum absolute atomic E-state index is 12.0. The molecule has 0 saturated carbocycles. The molecule has 0 fully saturated rings. The van der Waals surface area contributed by atoms with Gasteiger partial charge in [0.2, 0.25) is 0 Å². The second-order valence-electron chi connectivity index (χ2n) is 6.39. The van der Waals surface area contributed by atoms with Gasteiger partial charge in [0.25, 0.3) is 5.91 Å². The van der Waals surface area contributed by atoms with Crippen molar-refractivity contribution in [2.45, 2.75) is 20.3 Å². The van der Waals surface area contributed by atoms with Gasteiger partial charge in [0, 0.05) is 18.1 Å². The Balaban J connectivity index is 1.39. The van der Waals surface area contributed by atoms with E-state index in [1.807, 2.05) is 62.4 Å². The Morgan fingerprint density at radius 1 is 1.00 bits per heavy atom. The van der Waals surface area contributed by atoms with Crippen LogP contribution in [0.2, 0.25) is 0 Å². The number of hydrogen-bond acceptors (Lipinski definition) is 4. The van der Waals surface area contributed by atoms with Crippen LogP contribution in [0.25, 0.3) is 10.9 Å². The fraction of sp³-hybridized carbons (Fsp3) is 0.273. The summed E-state index contributed by atoms with van der Waals surface area (Å²) >= 11 is 0. The first-order chi connectivity index (χ1) is 13.1. The van der Waals surface area contributed by atoms with Crippen LogP contribution in [0.3, 0.4) is 0 Å². The van der Waals surface area contributed by atoms with Crippen molar-refractivity contribution in [1.82, 2.24) is 10.3 Å². The number of nitrogens with one attached hydrogen (secondary N) is 1. The number of aryl methyl sites for hydroxylation is 2. The third kappa shape index (κ3) is 4.97. The molecule has 27 heavy (non-hydrogen) atoms. The Labute approximate surface area is 159 Å². The van der Waals surface area contributed by atoms with Gasteiger partial charge in [-0.15, -0.1) is 0 Å². The standard InChI is InChI=1S/C22H24N2O3/c1-16-7-3-8-17(2)22(16)27-15-20(25)23-13-6-14-26-19-11-4-9-18-10-5-12-24-21(18)19/h3-5,7-12H,6,13-15H2,1-2H3,(H,23,25). The molecule has 0 radical (unpaired) electrons. The second-order valence-corrected chi connectivity index (χ2v) is 6.39. The number of hydrogen-bond donors (Lipinski definition) is 1. The fourth-order valence-corrected chi connectivity index (χ4v) is 2.89. The zero-order chi connectivity index (χ0) is 19.1. The molecular weight excluding hydrogens is 340 g/mol. The van der Waals surface area contributed by atoms with Gasteiger partial charge in [-0.25, -0.2) is 0 Å². The topological polar surface area (TPSA) is 60.5 Å². The monoisotopic (exact) mass is 364 g/mol. The van der Waals surface area contributed by atoms with E-state index in [9.17, 15) is 4.79 Å². The molecule has 1 amide bonds. The largest absolute Gasteiger partial charge is 0.491 e. The lowest BCUT2D eigenvalue weighted by atomic mass is 10.1. The highest BCUT2D eigenvalue weighted by atomic mass is 16.5. The van der Waals surface area contributed by atoms with Crippen LogP contribution in [0.15, 0.2) is 54.7 Å². The predicted octanol–water partition coefficient (Wildman–Crippen LogP) is 3.82. The van der Waals surface area contributed by atoms with Gasteiger partial charge in [0.05, 0.1) is 6.61 Å². The number of fused-ring (bicyclic) bond motifs is 1. The maximum Gasteiger partial charge on any atom is 0.257 e. The van der Waals surface area contributed by atoms with Gasteiger partial charge in [-0.1, -0.05) is 36.4 Å². The smallest absolute Gasteiger partial charge is 0.257 e. The lowest BCUT2D eigenvalue weighted by Crippen LogP contribution is -2.30. The van der Waals surface area contributed by atoms with Gasteiger partial charge in [0.1, 0.15) is 17.0 Å². The number of pyridine rings is 1. The Morgan fingerprint density at radius 3 is 2.56 bits per heavy atom. The number of benzene rings is 2. The molecule has 2 aromatic carbocycles. The molecule has 0 atom stereocenters. The van der Waals surface area contributed by atoms with Gasteiger partial charge >= 0.3 is 0 Å². The van der Waals surface area contributed by atoms with Crippen molar-refractivity contribution in [2.24, 2.45) is 0 Å². The number of aromatic nitrogens is 1. The van der Waals surface area contributed by atoms with E-state index in [4.69, 9.17) is 9.47 Å². The summed E-state index contributed by atoms with van der Waals surface area (Å²) in [4.78, 5) is 16.3. The quantitative estimate of drug-likeness (QED) is 0.618. The molecule has 0 aliphatic carbocycles. The number of amides is 1. The molecule has 5 nitrogen and oxygen atoms in total. The number of carbonyl (C=O) groups excluding carboxylic acids is 1. The molecule has 3 aromatic rings. The van der Waals surface area contributed by atoms with Gasteiger partial charge in [-0.3, -0.25) is 9.78 Å². The van der Waals surface area contributed by atoms with Crippen LogP contribution in [-0.4, -0.2) is 30.6 Å². The summed E-state index contributed by atoms with van der Waals surface area (Å²) in [6.45, 7) is 5.00. The van der Waals surface area contributed by atoms with Crippen molar-refractivity contribution in [3.8, 4) is 11.5 Å². The third-order valence-electron chi connectivity index (χ3n) is 4.25. The molecule has 1 aromatic heterocycles. The summed E-state index contributed by atoms with van der Waals surface area (Å²) in [7, 11) is 0. The predicted molar refractivity (Wildman–Crippen MR) is 106 cm³/mol. The number of nitrogens with zero attached hydrogens (tertiary/aromatic N) is 1. The first-order valence-electron chi connectivity index (χ1n) is 9.07. The molecule has 3 rings (SSSR count). The highest BCUT2D eigenvalue weighted by molar-refractivity contribution is 5.84. The summed E-state index contributed by atoms with van der Waals surface area (Å²) in [5.74, 6) is 1.40. The van der Waals surface area contributed by atoms with Crippen LogP contribution < -0.4 is 14.8 Å². The lowest BCUT2D eigenvalue weighted by Gasteiger charge is -2.12. The van der Waals surface area contributed by atoms with Gasteiger partial charge in [-0.2, -0.15) is 0 Å². The van der Waals surface area contributed by atoms with E-state index in [-0.39, 0.29) is 12.5 Å². The molecule has 1 heterocycles. The van der Waals surface area contributed by atoms with Crippen molar-refractivity contribution >= 4 is 16.8 Å². The van der Waals surface area contributed by atoms with Crippen molar-refractivity contribution in [2.75, 3.05) is 19.8 Å². The molecule has 0 spiro atoms. The molecule has 140 valence electrons. The van der Waals surface area contributed by atoms with E-state index >= 15 is 0 Å². The Bertz CT molecular complexity index is 899. The molecule has 0 bridgehead atoms. The molecule has 0 aliphatic heterocycles.